The maximum Gasteiger partial charge on any atom is 0.410 e. The highest BCUT2D eigenvalue weighted by atomic mass is 16.6. The Kier molecular flexibility index (Phi) is 8.96. The van der Waals surface area contributed by atoms with Crippen molar-refractivity contribution in [2.75, 3.05) is 23.7 Å². The van der Waals surface area contributed by atoms with Gasteiger partial charge in [-0.25, -0.2) is 19.7 Å². The number of carbonyl (C=O) groups is 1. The van der Waals surface area contributed by atoms with Crippen LogP contribution in [0, 0.1) is 6.92 Å². The molecular weight excluding hydrogens is 578 g/mol. The van der Waals surface area contributed by atoms with Crippen LogP contribution < -0.4 is 15.4 Å². The normalized spacial score (nSPS) is 15.0. The van der Waals surface area contributed by atoms with Gasteiger partial charge >= 0.3 is 6.09 Å². The van der Waals surface area contributed by atoms with Crippen LogP contribution in [0.1, 0.15) is 44.9 Å². The monoisotopic (exact) mass is 617 g/mol. The predicted octanol–water partition coefficient (Wildman–Crippen LogP) is 7.61. The molecule has 0 aliphatic carbocycles. The standard InChI is InChI=1S/C36H39N7O3/c1-24-15-16-27-28(12-7-14-30(27)40-22-25-10-5-6-18-37-25)32(24)45-33-29(13-8-19-38-33)31-17-20-39-34(42-31)41-26-11-9-21-43(23-26)35(44)46-36(2,3)4/h5-8,10,12-20,26,40H,9,11,21-23H2,1-4H3,(H,39,41,42). The quantitative estimate of drug-likeness (QED) is 0.182. The van der Waals surface area contributed by atoms with Gasteiger partial charge in [0, 0.05) is 54.2 Å². The summed E-state index contributed by atoms with van der Waals surface area (Å²) in [5, 5.41) is 8.96. The van der Waals surface area contributed by atoms with Crippen molar-refractivity contribution in [1.29, 1.82) is 0 Å². The number of pyridine rings is 2. The summed E-state index contributed by atoms with van der Waals surface area (Å²) in [6.07, 6.45) is 6.69. The third-order valence-electron chi connectivity index (χ3n) is 7.70. The lowest BCUT2D eigenvalue weighted by Crippen LogP contribution is -2.47. The minimum Gasteiger partial charge on any atom is -0.444 e. The van der Waals surface area contributed by atoms with Crippen molar-refractivity contribution < 1.29 is 14.3 Å². The third kappa shape index (κ3) is 7.34. The fraction of sp³-hybridized carbons (Fsp3) is 0.306. The number of rotatable bonds is 8. The van der Waals surface area contributed by atoms with Gasteiger partial charge in [0.05, 0.1) is 23.5 Å². The molecule has 236 valence electrons. The molecule has 1 atom stereocenters. The Labute approximate surface area is 269 Å². The van der Waals surface area contributed by atoms with E-state index in [1.165, 1.54) is 0 Å². The molecule has 0 saturated carbocycles. The number of nitrogens with one attached hydrogen (secondary N) is 2. The van der Waals surface area contributed by atoms with Gasteiger partial charge < -0.3 is 25.0 Å². The lowest BCUT2D eigenvalue weighted by atomic mass is 10.0. The number of likely N-dealkylation sites (tertiary alicyclic amines) is 1. The predicted molar refractivity (Wildman–Crippen MR) is 180 cm³/mol. The fourth-order valence-electron chi connectivity index (χ4n) is 5.53. The van der Waals surface area contributed by atoms with E-state index in [1.807, 2.05) is 70.2 Å². The summed E-state index contributed by atoms with van der Waals surface area (Å²) in [5.74, 6) is 1.66. The number of ether oxygens (including phenoxy) is 2. The maximum absolute atomic E-state index is 12.7. The molecule has 4 heterocycles. The molecule has 46 heavy (non-hydrogen) atoms. The molecule has 10 heteroatoms. The molecule has 0 radical (unpaired) electrons. The second-order valence-corrected chi connectivity index (χ2v) is 12.4. The average Bonchev–Trinajstić information content (AvgIpc) is 3.05. The number of piperidine rings is 1. The largest absolute Gasteiger partial charge is 0.444 e. The number of fused-ring (bicyclic) bond motifs is 1. The highest BCUT2D eigenvalue weighted by Crippen LogP contribution is 2.38. The van der Waals surface area contributed by atoms with Crippen LogP contribution in [-0.2, 0) is 11.3 Å². The highest BCUT2D eigenvalue weighted by molar-refractivity contribution is 5.98. The molecule has 5 aromatic rings. The zero-order valence-electron chi connectivity index (χ0n) is 26.7. The molecule has 1 amide bonds. The molecule has 2 N–H and O–H groups in total. The van der Waals surface area contributed by atoms with Gasteiger partial charge in [0.15, 0.2) is 0 Å². The third-order valence-corrected chi connectivity index (χ3v) is 7.70. The van der Waals surface area contributed by atoms with E-state index in [0.29, 0.717) is 37.2 Å². The van der Waals surface area contributed by atoms with Gasteiger partial charge in [-0.15, -0.1) is 0 Å². The molecule has 6 rings (SSSR count). The Bertz CT molecular complexity index is 1820. The molecule has 2 aromatic carbocycles. The number of anilines is 2. The molecule has 1 aliphatic rings. The second kappa shape index (κ2) is 13.4. The van der Waals surface area contributed by atoms with E-state index in [9.17, 15) is 4.79 Å². The van der Waals surface area contributed by atoms with Crippen LogP contribution in [0.2, 0.25) is 0 Å². The molecule has 1 fully saturated rings. The van der Waals surface area contributed by atoms with Crippen LogP contribution in [0.4, 0.5) is 16.4 Å². The summed E-state index contributed by atoms with van der Waals surface area (Å²) >= 11 is 0. The Balaban J connectivity index is 1.22. The van der Waals surface area contributed by atoms with Crippen molar-refractivity contribution in [2.45, 2.75) is 58.7 Å². The Morgan fingerprint density at radius 2 is 1.80 bits per heavy atom. The van der Waals surface area contributed by atoms with Crippen LogP contribution in [0.5, 0.6) is 11.6 Å². The number of hydrogen-bond acceptors (Lipinski definition) is 9. The average molecular weight is 618 g/mol. The van der Waals surface area contributed by atoms with Gasteiger partial charge in [-0.3, -0.25) is 4.98 Å². The zero-order valence-corrected chi connectivity index (χ0v) is 26.7. The number of nitrogens with zero attached hydrogens (tertiary/aromatic N) is 5. The molecule has 0 spiro atoms. The summed E-state index contributed by atoms with van der Waals surface area (Å²) in [6.45, 7) is 9.45. The van der Waals surface area contributed by atoms with Gasteiger partial charge in [-0.05, 0) is 82.5 Å². The minimum absolute atomic E-state index is 0.0000488. The first-order chi connectivity index (χ1) is 22.2. The van der Waals surface area contributed by atoms with Crippen molar-refractivity contribution in [3.8, 4) is 22.9 Å². The molecule has 1 unspecified atom stereocenters. The molecule has 3 aromatic heterocycles. The minimum atomic E-state index is -0.539. The maximum atomic E-state index is 12.7. The van der Waals surface area contributed by atoms with E-state index in [1.54, 1.807) is 23.5 Å². The Hall–Kier alpha value is -5.25. The molecular formula is C36H39N7O3. The number of aryl methyl sites for hydroxylation is 1. The van der Waals surface area contributed by atoms with Crippen molar-refractivity contribution in [2.24, 2.45) is 0 Å². The Morgan fingerprint density at radius 1 is 0.935 bits per heavy atom. The lowest BCUT2D eigenvalue weighted by Gasteiger charge is -2.34. The fourth-order valence-corrected chi connectivity index (χ4v) is 5.53. The molecule has 10 nitrogen and oxygen atoms in total. The van der Waals surface area contributed by atoms with Gasteiger partial charge in [0.25, 0.3) is 0 Å². The summed E-state index contributed by atoms with van der Waals surface area (Å²) in [7, 11) is 0. The Morgan fingerprint density at radius 3 is 2.63 bits per heavy atom. The van der Waals surface area contributed by atoms with Crippen LogP contribution in [0.15, 0.2) is 85.3 Å². The van der Waals surface area contributed by atoms with E-state index in [2.05, 4.69) is 49.9 Å². The van der Waals surface area contributed by atoms with Gasteiger partial charge in [0.1, 0.15) is 11.4 Å². The number of carbonyl (C=O) groups excluding carboxylic acids is 1. The SMILES string of the molecule is Cc1ccc2c(NCc3ccccn3)cccc2c1Oc1ncccc1-c1ccnc(NC2CCCN(C(=O)OC(C)(C)C)C2)n1. The van der Waals surface area contributed by atoms with E-state index in [0.717, 1.165) is 51.9 Å². The van der Waals surface area contributed by atoms with Crippen molar-refractivity contribution in [3.63, 3.8) is 0 Å². The summed E-state index contributed by atoms with van der Waals surface area (Å²) < 4.78 is 12.2. The number of benzene rings is 2. The van der Waals surface area contributed by atoms with Crippen LogP contribution in [-0.4, -0.2) is 55.7 Å². The van der Waals surface area contributed by atoms with Gasteiger partial charge in [-0.1, -0.05) is 30.3 Å². The number of hydrogen-bond donors (Lipinski definition) is 2. The molecule has 1 aliphatic heterocycles. The van der Waals surface area contributed by atoms with Crippen molar-refractivity contribution in [3.05, 3.63) is 96.6 Å². The van der Waals surface area contributed by atoms with Crippen LogP contribution >= 0.6 is 0 Å². The smallest absolute Gasteiger partial charge is 0.410 e. The van der Waals surface area contributed by atoms with Gasteiger partial charge in [0.2, 0.25) is 11.8 Å². The first-order valence-electron chi connectivity index (χ1n) is 15.6. The highest BCUT2D eigenvalue weighted by Gasteiger charge is 2.28. The summed E-state index contributed by atoms with van der Waals surface area (Å²) in [6, 6.07) is 21.9. The number of amides is 1. The first kappa shape index (κ1) is 30.8. The molecule has 1 saturated heterocycles. The zero-order chi connectivity index (χ0) is 32.1. The van der Waals surface area contributed by atoms with E-state index in [4.69, 9.17) is 14.5 Å². The lowest BCUT2D eigenvalue weighted by molar-refractivity contribution is 0.0206. The molecule has 0 bridgehead atoms. The second-order valence-electron chi connectivity index (χ2n) is 12.4. The first-order valence-corrected chi connectivity index (χ1v) is 15.6. The van der Waals surface area contributed by atoms with Crippen molar-refractivity contribution >= 4 is 28.5 Å². The summed E-state index contributed by atoms with van der Waals surface area (Å²) in [5.41, 5.74) is 3.83. The van der Waals surface area contributed by atoms with E-state index in [-0.39, 0.29) is 12.1 Å². The topological polar surface area (TPSA) is 114 Å². The van der Waals surface area contributed by atoms with Crippen molar-refractivity contribution in [1.82, 2.24) is 24.8 Å². The van der Waals surface area contributed by atoms with Crippen LogP contribution in [0.25, 0.3) is 22.0 Å². The number of aromatic nitrogens is 4. The summed E-state index contributed by atoms with van der Waals surface area (Å²) in [4.78, 5) is 32.8. The van der Waals surface area contributed by atoms with E-state index < -0.39 is 5.60 Å². The van der Waals surface area contributed by atoms with Gasteiger partial charge in [-0.2, -0.15) is 0 Å². The van der Waals surface area contributed by atoms with Crippen LogP contribution in [0.3, 0.4) is 0 Å². The van der Waals surface area contributed by atoms with E-state index >= 15 is 0 Å².